The van der Waals surface area contributed by atoms with Gasteiger partial charge in [-0.05, 0) is 20.3 Å². The van der Waals surface area contributed by atoms with Crippen LogP contribution in [0.5, 0.6) is 0 Å². The Morgan fingerprint density at radius 2 is 1.79 bits per heavy atom. The Hall–Kier alpha value is -3.49. The number of primary sulfonamides is 1. The Balaban J connectivity index is 2.78. The first-order valence-corrected chi connectivity index (χ1v) is 11.6. The van der Waals surface area contributed by atoms with Crippen molar-refractivity contribution < 1.29 is 37.8 Å². The lowest BCUT2D eigenvalue weighted by molar-refractivity contribution is -0.140. The van der Waals surface area contributed by atoms with Crippen LogP contribution in [0.2, 0.25) is 0 Å². The van der Waals surface area contributed by atoms with Crippen molar-refractivity contribution in [3.05, 3.63) is 0 Å². The normalized spacial score (nSPS) is 13.7. The SMILES string of the molecule is CC(C)(N=NNN[C@@H](CCC(=O)O)C(=O)N[C@@H](CC(=O)O)C(N)=O)Nc1nnc(S(N)(=O)=O)s1. The van der Waals surface area contributed by atoms with Crippen molar-refractivity contribution in [2.45, 2.75) is 55.2 Å². The maximum absolute atomic E-state index is 12.4. The second kappa shape index (κ2) is 12.1. The molecule has 1 aromatic rings. The maximum atomic E-state index is 12.4. The molecular formula is C14H24N10O8S2. The van der Waals surface area contributed by atoms with Crippen molar-refractivity contribution in [3.8, 4) is 0 Å². The number of amides is 2. The van der Waals surface area contributed by atoms with Crippen LogP contribution >= 0.6 is 11.3 Å². The fourth-order valence-corrected chi connectivity index (χ4v) is 3.61. The standard InChI is InChI=1S/C14H24N10O8S2/c1-14(2,18-12-20-21-13(33-12)34(16,31)32)22-24-23-19-6(3-4-8(25)26)11(30)17-7(10(15)29)5-9(27)28/h6-7H,3-5H2,1-2H3,(H2,15,29)(H,17,30)(H,18,20)(H,19,24)(H,22,23)(H,25,26)(H,27,28)(H2,16,31,32)/t6-,7-/m0/s1. The second-order valence-corrected chi connectivity index (χ2v) is 9.82. The molecule has 0 saturated carbocycles. The number of aliphatic carboxylic acids is 2. The average molecular weight is 525 g/mol. The van der Waals surface area contributed by atoms with Crippen LogP contribution in [0.1, 0.15) is 33.1 Å². The molecule has 0 saturated heterocycles. The molecule has 0 radical (unpaired) electrons. The van der Waals surface area contributed by atoms with Crippen LogP contribution in [0, 0.1) is 0 Å². The third-order valence-electron chi connectivity index (χ3n) is 3.65. The van der Waals surface area contributed by atoms with E-state index in [0.29, 0.717) is 11.3 Å². The topological polar surface area (TPSA) is 294 Å². The summed E-state index contributed by atoms with van der Waals surface area (Å²) < 4.78 is 22.1. The van der Waals surface area contributed by atoms with E-state index in [1.54, 1.807) is 0 Å². The molecule has 1 heterocycles. The molecule has 2 atom stereocenters. The zero-order valence-corrected chi connectivity index (χ0v) is 19.5. The van der Waals surface area contributed by atoms with Gasteiger partial charge in [-0.3, -0.25) is 19.2 Å². The molecule has 1 aromatic heterocycles. The molecule has 20 heteroatoms. The number of carboxylic acid groups (broad SMARTS) is 2. The molecule has 18 nitrogen and oxygen atoms in total. The number of sulfonamides is 1. The smallest absolute Gasteiger partial charge is 0.305 e. The number of nitrogens with zero attached hydrogens (tertiary/aromatic N) is 4. The van der Waals surface area contributed by atoms with E-state index in [0.717, 1.165) is 0 Å². The van der Waals surface area contributed by atoms with Gasteiger partial charge >= 0.3 is 11.9 Å². The van der Waals surface area contributed by atoms with Gasteiger partial charge in [0.15, 0.2) is 0 Å². The minimum absolute atomic E-state index is 0.0792. The van der Waals surface area contributed by atoms with Crippen molar-refractivity contribution in [2.75, 3.05) is 5.32 Å². The number of hydrogen-bond donors (Lipinski definition) is 8. The number of carboxylic acids is 2. The minimum Gasteiger partial charge on any atom is -0.481 e. The predicted octanol–water partition coefficient (Wildman–Crippen LogP) is -2.53. The second-order valence-electron chi connectivity index (χ2n) is 7.10. The number of aromatic nitrogens is 2. The quantitative estimate of drug-likeness (QED) is 0.0868. The fourth-order valence-electron chi connectivity index (χ4n) is 2.13. The number of carbonyl (C=O) groups is 4. The molecule has 0 fully saturated rings. The summed E-state index contributed by atoms with van der Waals surface area (Å²) in [4.78, 5) is 45.5. The Morgan fingerprint density at radius 1 is 1.15 bits per heavy atom. The lowest BCUT2D eigenvalue weighted by Crippen LogP contribution is -2.54. The Kier molecular flexibility index (Phi) is 10.2. The molecule has 1 rings (SSSR count). The monoisotopic (exact) mass is 524 g/mol. The number of nitrogens with two attached hydrogens (primary N) is 2. The molecule has 0 spiro atoms. The molecule has 34 heavy (non-hydrogen) atoms. The van der Waals surface area contributed by atoms with Crippen molar-refractivity contribution in [1.29, 1.82) is 0 Å². The molecule has 0 aliphatic rings. The number of hydrazine groups is 1. The van der Waals surface area contributed by atoms with Gasteiger partial charge in [0.25, 0.3) is 10.0 Å². The zero-order chi connectivity index (χ0) is 26.1. The molecule has 0 bridgehead atoms. The van der Waals surface area contributed by atoms with Crippen LogP contribution in [-0.4, -0.2) is 70.3 Å². The van der Waals surface area contributed by atoms with Gasteiger partial charge in [0, 0.05) is 6.42 Å². The first kappa shape index (κ1) is 28.5. The maximum Gasteiger partial charge on any atom is 0.305 e. The third-order valence-corrected chi connectivity index (χ3v) is 5.80. The Labute approximate surface area is 196 Å². The van der Waals surface area contributed by atoms with Gasteiger partial charge in [0.2, 0.25) is 21.3 Å². The van der Waals surface area contributed by atoms with Crippen LogP contribution in [0.25, 0.3) is 0 Å². The first-order chi connectivity index (χ1) is 15.6. The van der Waals surface area contributed by atoms with Gasteiger partial charge < -0.3 is 26.6 Å². The number of rotatable bonds is 15. The van der Waals surface area contributed by atoms with Gasteiger partial charge in [-0.1, -0.05) is 16.6 Å². The summed E-state index contributed by atoms with van der Waals surface area (Å²) in [7, 11) is -4.02. The zero-order valence-electron chi connectivity index (χ0n) is 17.9. The van der Waals surface area contributed by atoms with Crippen LogP contribution in [0.4, 0.5) is 5.13 Å². The number of carbonyl (C=O) groups excluding carboxylic acids is 2. The Morgan fingerprint density at radius 3 is 2.29 bits per heavy atom. The number of nitrogens with one attached hydrogen (secondary N) is 4. The molecule has 0 aliphatic heterocycles. The number of anilines is 1. The van der Waals surface area contributed by atoms with E-state index in [4.69, 9.17) is 21.1 Å². The van der Waals surface area contributed by atoms with Gasteiger partial charge in [0.1, 0.15) is 17.7 Å². The largest absolute Gasteiger partial charge is 0.481 e. The number of primary amides is 1. The molecule has 2 amide bonds. The van der Waals surface area contributed by atoms with Crippen molar-refractivity contribution in [2.24, 2.45) is 21.2 Å². The van der Waals surface area contributed by atoms with Crippen molar-refractivity contribution in [3.63, 3.8) is 0 Å². The lowest BCUT2D eigenvalue weighted by atomic mass is 10.1. The predicted molar refractivity (Wildman–Crippen MR) is 114 cm³/mol. The van der Waals surface area contributed by atoms with Crippen molar-refractivity contribution in [1.82, 2.24) is 26.5 Å². The van der Waals surface area contributed by atoms with Crippen LogP contribution < -0.4 is 32.5 Å². The van der Waals surface area contributed by atoms with Gasteiger partial charge in [-0.15, -0.1) is 15.3 Å². The van der Waals surface area contributed by atoms with E-state index in [1.807, 2.05) is 0 Å². The summed E-state index contributed by atoms with van der Waals surface area (Å²) in [6, 6.07) is -2.78. The minimum atomic E-state index is -4.02. The van der Waals surface area contributed by atoms with Gasteiger partial charge in [-0.25, -0.2) is 24.5 Å². The highest BCUT2D eigenvalue weighted by molar-refractivity contribution is 7.91. The lowest BCUT2D eigenvalue weighted by Gasteiger charge is -2.21. The molecule has 190 valence electrons. The fraction of sp³-hybridized carbons (Fsp3) is 0.571. The summed E-state index contributed by atoms with van der Waals surface area (Å²) in [5.74, 6) is -4.59. The highest BCUT2D eigenvalue weighted by Gasteiger charge is 2.27. The summed E-state index contributed by atoms with van der Waals surface area (Å²) >= 11 is 0.664. The van der Waals surface area contributed by atoms with E-state index in [1.165, 1.54) is 13.8 Å². The molecule has 10 N–H and O–H groups in total. The summed E-state index contributed by atoms with van der Waals surface area (Å²) in [6.45, 7) is 3.07. The number of hydrogen-bond acceptors (Lipinski definition) is 13. The van der Waals surface area contributed by atoms with E-state index >= 15 is 0 Å². The summed E-state index contributed by atoms with van der Waals surface area (Å²) in [5.41, 5.74) is 8.56. The van der Waals surface area contributed by atoms with Crippen LogP contribution in [0.15, 0.2) is 14.7 Å². The van der Waals surface area contributed by atoms with E-state index in [-0.39, 0.29) is 11.6 Å². The highest BCUT2D eigenvalue weighted by Crippen LogP contribution is 2.22. The van der Waals surface area contributed by atoms with Gasteiger partial charge in [0.05, 0.1) is 6.42 Å². The first-order valence-electron chi connectivity index (χ1n) is 9.21. The molecule has 0 aromatic carbocycles. The summed E-state index contributed by atoms with van der Waals surface area (Å²) in [6.07, 6.45) is -1.47. The van der Waals surface area contributed by atoms with E-state index in [2.05, 4.69) is 42.1 Å². The van der Waals surface area contributed by atoms with Crippen LogP contribution in [0.3, 0.4) is 0 Å². The van der Waals surface area contributed by atoms with Crippen molar-refractivity contribution >= 4 is 50.2 Å². The average Bonchev–Trinajstić information content (AvgIpc) is 3.14. The summed E-state index contributed by atoms with van der Waals surface area (Å²) in [5, 5.41) is 42.1. The Bertz CT molecular complexity index is 1040. The molecule has 0 unspecified atom stereocenters. The van der Waals surface area contributed by atoms with Gasteiger partial charge in [-0.2, -0.15) is 0 Å². The molecular weight excluding hydrogens is 500 g/mol. The third kappa shape index (κ3) is 10.4. The highest BCUT2D eigenvalue weighted by atomic mass is 32.2. The van der Waals surface area contributed by atoms with Crippen LogP contribution in [-0.2, 0) is 29.2 Å². The van der Waals surface area contributed by atoms with E-state index in [9.17, 15) is 27.6 Å². The molecule has 0 aliphatic carbocycles. The van der Waals surface area contributed by atoms with E-state index < -0.39 is 68.7 Å².